The predicted molar refractivity (Wildman–Crippen MR) is 105 cm³/mol. The van der Waals surface area contributed by atoms with Crippen LogP contribution in [0.5, 0.6) is 0 Å². The zero-order valence-corrected chi connectivity index (χ0v) is 17.4. The number of nitrogens with zero attached hydrogens (tertiary/aromatic N) is 4. The summed E-state index contributed by atoms with van der Waals surface area (Å²) in [5, 5.41) is 34.2. The van der Waals surface area contributed by atoms with Crippen molar-refractivity contribution in [2.45, 2.75) is 51.1 Å². The molecule has 12 heteroatoms. The molecule has 1 saturated carbocycles. The number of aliphatic hydroxyl groups excluding tert-OH is 2. The van der Waals surface area contributed by atoms with Gasteiger partial charge in [0, 0.05) is 44.8 Å². The molecule has 0 spiro atoms. The third-order valence-corrected chi connectivity index (χ3v) is 7.09. The SMILES string of the molecule is CCCNC(=O)NC1CC(Cn2cc(CN3CCS(=O)(=O)CC3)nn2)C(O)C1O. The van der Waals surface area contributed by atoms with Gasteiger partial charge in [-0.2, -0.15) is 0 Å². The number of carbonyl (C=O) groups is 1. The maximum atomic E-state index is 11.8. The third-order valence-electron chi connectivity index (χ3n) is 5.48. The molecule has 1 aliphatic heterocycles. The molecule has 2 fully saturated rings. The van der Waals surface area contributed by atoms with Gasteiger partial charge in [-0.1, -0.05) is 12.1 Å². The first-order valence-corrected chi connectivity index (χ1v) is 11.8. The molecule has 4 unspecified atom stereocenters. The van der Waals surface area contributed by atoms with Gasteiger partial charge in [-0.15, -0.1) is 5.10 Å². The maximum absolute atomic E-state index is 11.8. The zero-order valence-electron chi connectivity index (χ0n) is 16.6. The number of aromatic nitrogens is 3. The fraction of sp³-hybridized carbons (Fsp3) is 0.824. The maximum Gasteiger partial charge on any atom is 0.315 e. The molecule has 2 aliphatic rings. The first-order chi connectivity index (χ1) is 13.8. The van der Waals surface area contributed by atoms with E-state index in [0.717, 1.165) is 12.1 Å². The fourth-order valence-corrected chi connectivity index (χ4v) is 5.06. The molecular formula is C17H30N6O5S. The summed E-state index contributed by atoms with van der Waals surface area (Å²) in [5.41, 5.74) is 0.728. The highest BCUT2D eigenvalue weighted by Crippen LogP contribution is 2.28. The summed E-state index contributed by atoms with van der Waals surface area (Å²) in [5.74, 6) is 0.0530. The number of nitrogens with one attached hydrogen (secondary N) is 2. The zero-order chi connectivity index (χ0) is 21.0. The molecule has 29 heavy (non-hydrogen) atoms. The lowest BCUT2D eigenvalue weighted by molar-refractivity contribution is 0.00860. The Kier molecular flexibility index (Phi) is 7.09. The van der Waals surface area contributed by atoms with E-state index in [1.807, 2.05) is 11.8 Å². The minimum Gasteiger partial charge on any atom is -0.390 e. The van der Waals surface area contributed by atoms with Crippen molar-refractivity contribution in [3.8, 4) is 0 Å². The quantitative estimate of drug-likeness (QED) is 0.401. The van der Waals surface area contributed by atoms with Crippen LogP contribution in [0.15, 0.2) is 6.20 Å². The highest BCUT2D eigenvalue weighted by Gasteiger charge is 2.42. The Labute approximate surface area is 170 Å². The van der Waals surface area contributed by atoms with Crippen molar-refractivity contribution < 1.29 is 23.4 Å². The number of urea groups is 1. The first-order valence-electron chi connectivity index (χ1n) is 9.99. The Morgan fingerprint density at radius 3 is 2.69 bits per heavy atom. The Hall–Kier alpha value is -1.76. The molecular weight excluding hydrogens is 400 g/mol. The summed E-state index contributed by atoms with van der Waals surface area (Å²) in [6, 6.07) is -0.875. The number of sulfone groups is 1. The molecule has 2 heterocycles. The molecule has 11 nitrogen and oxygen atoms in total. The van der Waals surface area contributed by atoms with E-state index in [1.165, 1.54) is 0 Å². The van der Waals surface area contributed by atoms with E-state index in [1.54, 1.807) is 10.9 Å². The topological polar surface area (TPSA) is 150 Å². The second-order valence-corrected chi connectivity index (χ2v) is 10.1. The van der Waals surface area contributed by atoms with Crippen molar-refractivity contribution in [3.05, 3.63) is 11.9 Å². The third kappa shape index (κ3) is 5.87. The van der Waals surface area contributed by atoms with Gasteiger partial charge >= 0.3 is 6.03 Å². The Balaban J connectivity index is 1.50. The molecule has 4 N–H and O–H groups in total. The Morgan fingerprint density at radius 2 is 2.00 bits per heavy atom. The van der Waals surface area contributed by atoms with Crippen LogP contribution in [-0.2, 0) is 22.9 Å². The fourth-order valence-electron chi connectivity index (χ4n) is 3.78. The molecule has 1 aliphatic carbocycles. The van der Waals surface area contributed by atoms with Gasteiger partial charge in [0.25, 0.3) is 0 Å². The first kappa shape index (κ1) is 21.9. The van der Waals surface area contributed by atoms with Gasteiger partial charge in [0.1, 0.15) is 6.10 Å². The number of amides is 2. The lowest BCUT2D eigenvalue weighted by atomic mass is 10.1. The van der Waals surface area contributed by atoms with Crippen LogP contribution in [0.2, 0.25) is 0 Å². The van der Waals surface area contributed by atoms with Crippen LogP contribution >= 0.6 is 0 Å². The van der Waals surface area contributed by atoms with Crippen molar-refractivity contribution in [1.82, 2.24) is 30.5 Å². The van der Waals surface area contributed by atoms with E-state index < -0.39 is 28.1 Å². The lowest BCUT2D eigenvalue weighted by Crippen LogP contribution is -2.47. The highest BCUT2D eigenvalue weighted by atomic mass is 32.2. The number of carbonyl (C=O) groups excluding carboxylic acids is 1. The van der Waals surface area contributed by atoms with Crippen LogP contribution < -0.4 is 10.6 Å². The van der Waals surface area contributed by atoms with Gasteiger partial charge in [0.2, 0.25) is 0 Å². The van der Waals surface area contributed by atoms with Crippen molar-refractivity contribution in [2.24, 2.45) is 5.92 Å². The van der Waals surface area contributed by atoms with Crippen molar-refractivity contribution in [3.63, 3.8) is 0 Å². The normalized spacial score (nSPS) is 29.6. The van der Waals surface area contributed by atoms with E-state index in [2.05, 4.69) is 20.9 Å². The smallest absolute Gasteiger partial charge is 0.315 e. The molecule has 1 aromatic heterocycles. The van der Waals surface area contributed by atoms with E-state index in [-0.39, 0.29) is 23.5 Å². The molecule has 1 aromatic rings. The minimum atomic E-state index is -2.92. The van der Waals surface area contributed by atoms with Gasteiger partial charge in [-0.05, 0) is 12.8 Å². The minimum absolute atomic E-state index is 0.160. The van der Waals surface area contributed by atoms with Crippen molar-refractivity contribution in [2.75, 3.05) is 31.1 Å². The van der Waals surface area contributed by atoms with Crippen molar-refractivity contribution in [1.29, 1.82) is 0 Å². The van der Waals surface area contributed by atoms with E-state index in [4.69, 9.17) is 0 Å². The summed E-state index contributed by atoms with van der Waals surface area (Å²) in [6.45, 7) is 4.35. The van der Waals surface area contributed by atoms with Gasteiger partial charge in [-0.3, -0.25) is 9.58 Å². The van der Waals surface area contributed by atoms with Crippen molar-refractivity contribution >= 4 is 15.9 Å². The van der Waals surface area contributed by atoms with Crippen LogP contribution in [0.25, 0.3) is 0 Å². The summed E-state index contributed by atoms with van der Waals surface area (Å²) >= 11 is 0. The molecule has 164 valence electrons. The molecule has 4 atom stereocenters. The van der Waals surface area contributed by atoms with Crippen LogP contribution in [0.1, 0.15) is 25.5 Å². The second kappa shape index (κ2) is 9.37. The number of aliphatic hydroxyl groups is 2. The second-order valence-electron chi connectivity index (χ2n) is 7.84. The van der Waals surface area contributed by atoms with Gasteiger partial charge < -0.3 is 20.8 Å². The van der Waals surface area contributed by atoms with Crippen LogP contribution in [0.4, 0.5) is 4.79 Å². The average molecular weight is 431 g/mol. The summed E-state index contributed by atoms with van der Waals surface area (Å²) in [4.78, 5) is 13.8. The standard InChI is InChI=1S/C17H30N6O5S/c1-2-3-18-17(26)19-14-8-12(15(24)16(14)25)9-23-11-13(20-21-23)10-22-4-6-29(27,28)7-5-22/h11-12,14-16,24-25H,2-10H2,1H3,(H2,18,19,26). The van der Waals surface area contributed by atoms with E-state index in [9.17, 15) is 23.4 Å². The Morgan fingerprint density at radius 1 is 1.28 bits per heavy atom. The van der Waals surface area contributed by atoms with Crippen LogP contribution in [0.3, 0.4) is 0 Å². The highest BCUT2D eigenvalue weighted by molar-refractivity contribution is 7.91. The monoisotopic (exact) mass is 430 g/mol. The van der Waals surface area contributed by atoms with E-state index >= 15 is 0 Å². The molecule has 0 aromatic carbocycles. The average Bonchev–Trinajstić information content (AvgIpc) is 3.22. The molecule has 0 bridgehead atoms. The predicted octanol–water partition coefficient (Wildman–Crippen LogP) is -1.67. The van der Waals surface area contributed by atoms with Gasteiger partial charge in [0.05, 0.1) is 29.3 Å². The summed E-state index contributed by atoms with van der Waals surface area (Å²) in [7, 11) is -2.92. The van der Waals surface area contributed by atoms with Crippen LogP contribution in [0, 0.1) is 5.92 Å². The molecule has 2 amide bonds. The van der Waals surface area contributed by atoms with Gasteiger partial charge in [0.15, 0.2) is 9.84 Å². The Bertz CT molecular complexity index is 786. The summed E-state index contributed by atoms with van der Waals surface area (Å²) < 4.78 is 24.7. The largest absolute Gasteiger partial charge is 0.390 e. The number of rotatable bonds is 7. The number of hydrogen-bond acceptors (Lipinski definition) is 8. The number of hydrogen-bond donors (Lipinski definition) is 4. The lowest BCUT2D eigenvalue weighted by Gasteiger charge is -2.25. The summed E-state index contributed by atoms with van der Waals surface area (Å²) in [6.07, 6.45) is 1.02. The van der Waals surface area contributed by atoms with E-state index in [0.29, 0.717) is 39.1 Å². The molecule has 3 rings (SSSR count). The molecule has 0 radical (unpaired) electrons. The molecule has 1 saturated heterocycles. The van der Waals surface area contributed by atoms with Crippen LogP contribution in [-0.4, -0.2) is 93.9 Å². The van der Waals surface area contributed by atoms with Gasteiger partial charge in [-0.25, -0.2) is 13.2 Å².